The van der Waals surface area contributed by atoms with Crippen LogP contribution in [-0.4, -0.2) is 34.5 Å². The molecule has 0 aliphatic carbocycles. The lowest BCUT2D eigenvalue weighted by Gasteiger charge is -2.17. The van der Waals surface area contributed by atoms with Crippen LogP contribution in [0.5, 0.6) is 0 Å². The number of hydrogen-bond donors (Lipinski definition) is 0. The van der Waals surface area contributed by atoms with Crippen LogP contribution in [0, 0.1) is 11.8 Å². The van der Waals surface area contributed by atoms with Gasteiger partial charge in [0, 0.05) is 19.6 Å². The third-order valence-electron chi connectivity index (χ3n) is 2.45. The first-order chi connectivity index (χ1) is 6.09. The smallest absolute Gasteiger partial charge is 0.267 e. The van der Waals surface area contributed by atoms with Gasteiger partial charge in [-0.25, -0.2) is 0 Å². The van der Waals surface area contributed by atoms with Gasteiger partial charge in [-0.15, -0.1) is 0 Å². The normalized spacial score (nSPS) is 28.9. The van der Waals surface area contributed by atoms with Gasteiger partial charge in [0.25, 0.3) is 10.1 Å². The molecule has 4 nitrogen and oxygen atoms in total. The maximum Gasteiger partial charge on any atom is 0.267 e. The summed E-state index contributed by atoms with van der Waals surface area (Å²) in [6.45, 7) is 2.97. The highest BCUT2D eigenvalue weighted by Crippen LogP contribution is 2.25. The maximum atomic E-state index is 11.0. The van der Waals surface area contributed by atoms with Crippen LogP contribution in [0.15, 0.2) is 0 Å². The Morgan fingerprint density at radius 1 is 1.62 bits per heavy atom. The van der Waals surface area contributed by atoms with Gasteiger partial charge in [-0.05, 0) is 5.92 Å². The molecule has 0 radical (unpaired) electrons. The van der Waals surface area contributed by atoms with Crippen molar-refractivity contribution in [3.63, 3.8) is 0 Å². The Morgan fingerprint density at radius 2 is 2.31 bits per heavy atom. The number of methoxy groups -OCH3 is 1. The molecule has 1 rings (SSSR count). The lowest BCUT2D eigenvalue weighted by atomic mass is 9.93. The molecule has 0 aromatic carbocycles. The Labute approximate surface area is 79.3 Å². The second kappa shape index (κ2) is 4.39. The molecule has 2 atom stereocenters. The van der Waals surface area contributed by atoms with Crippen molar-refractivity contribution in [3.05, 3.63) is 0 Å². The Kier molecular flexibility index (Phi) is 3.70. The summed E-state index contributed by atoms with van der Waals surface area (Å²) >= 11 is 0. The highest BCUT2D eigenvalue weighted by atomic mass is 32.2. The van der Waals surface area contributed by atoms with Crippen molar-refractivity contribution >= 4 is 10.1 Å². The average Bonchev–Trinajstić information content (AvgIpc) is 2.42. The molecule has 13 heavy (non-hydrogen) atoms. The number of hydrogen-bond acceptors (Lipinski definition) is 4. The van der Waals surface area contributed by atoms with Crippen molar-refractivity contribution < 1.29 is 17.3 Å². The van der Waals surface area contributed by atoms with Gasteiger partial charge in [-0.2, -0.15) is 8.42 Å². The first-order valence-corrected chi connectivity index (χ1v) is 6.03. The van der Waals surface area contributed by atoms with Crippen molar-refractivity contribution in [1.82, 2.24) is 0 Å². The summed E-state index contributed by atoms with van der Waals surface area (Å²) in [4.78, 5) is 0. The van der Waals surface area contributed by atoms with E-state index in [-0.39, 0.29) is 11.7 Å². The van der Waals surface area contributed by atoms with E-state index in [4.69, 9.17) is 8.92 Å². The van der Waals surface area contributed by atoms with Crippen molar-refractivity contribution in [2.45, 2.75) is 13.3 Å². The molecule has 0 saturated carbocycles. The minimum Gasteiger partial charge on any atom is -0.384 e. The van der Waals surface area contributed by atoms with E-state index in [2.05, 4.69) is 0 Å². The zero-order chi connectivity index (χ0) is 9.90. The predicted octanol–water partition coefficient (Wildman–Crippen LogP) is 0.635. The first-order valence-electron chi connectivity index (χ1n) is 4.45. The zero-order valence-corrected chi connectivity index (χ0v) is 8.84. The summed E-state index contributed by atoms with van der Waals surface area (Å²) in [6.07, 6.45) is 0.928. The fraction of sp³-hybridized carbons (Fsp3) is 1.00. The predicted molar refractivity (Wildman–Crippen MR) is 48.9 cm³/mol. The van der Waals surface area contributed by atoms with Crippen LogP contribution < -0.4 is 0 Å². The van der Waals surface area contributed by atoms with Gasteiger partial charge >= 0.3 is 0 Å². The van der Waals surface area contributed by atoms with Crippen molar-refractivity contribution in [1.29, 1.82) is 0 Å². The molecule has 0 spiro atoms. The van der Waals surface area contributed by atoms with Gasteiger partial charge in [0.2, 0.25) is 0 Å². The van der Waals surface area contributed by atoms with Crippen LogP contribution >= 0.6 is 0 Å². The van der Waals surface area contributed by atoms with E-state index in [0.29, 0.717) is 19.1 Å². The van der Waals surface area contributed by atoms with Crippen LogP contribution in [0.4, 0.5) is 0 Å². The molecule has 1 aliphatic rings. The van der Waals surface area contributed by atoms with E-state index in [1.165, 1.54) is 0 Å². The van der Waals surface area contributed by atoms with E-state index < -0.39 is 10.1 Å². The molecule has 5 heteroatoms. The standard InChI is InChI=1S/C8H16O4S/c1-3-7(4-11-2)8-5-12-13(9,10)6-8/h7-8H,3-6H2,1-2H3. The lowest BCUT2D eigenvalue weighted by Crippen LogP contribution is -2.22. The Hall–Kier alpha value is -0.130. The molecule has 0 bridgehead atoms. The molecule has 0 aromatic rings. The summed E-state index contributed by atoms with van der Waals surface area (Å²) in [5.74, 6) is 0.548. The number of rotatable bonds is 4. The topological polar surface area (TPSA) is 52.6 Å². The SMILES string of the molecule is CCC(COC)C1COS(=O)(=O)C1. The van der Waals surface area contributed by atoms with E-state index in [1.54, 1.807) is 7.11 Å². The third kappa shape index (κ3) is 2.93. The summed E-state index contributed by atoms with van der Waals surface area (Å²) in [5, 5.41) is 0. The van der Waals surface area contributed by atoms with Gasteiger partial charge in [0.05, 0.1) is 12.4 Å². The van der Waals surface area contributed by atoms with E-state index in [9.17, 15) is 8.42 Å². The largest absolute Gasteiger partial charge is 0.384 e. The minimum atomic E-state index is -3.22. The minimum absolute atomic E-state index is 0.106. The molecule has 2 unspecified atom stereocenters. The fourth-order valence-electron chi connectivity index (χ4n) is 1.62. The molecule has 1 aliphatic heterocycles. The van der Waals surface area contributed by atoms with Gasteiger partial charge in [-0.3, -0.25) is 4.18 Å². The molecule has 78 valence electrons. The Bertz CT molecular complexity index is 247. The van der Waals surface area contributed by atoms with Crippen molar-refractivity contribution in [2.75, 3.05) is 26.1 Å². The van der Waals surface area contributed by atoms with Crippen LogP contribution in [0.3, 0.4) is 0 Å². The highest BCUT2D eigenvalue weighted by Gasteiger charge is 2.33. The number of ether oxygens (including phenoxy) is 1. The van der Waals surface area contributed by atoms with Gasteiger partial charge in [-0.1, -0.05) is 13.3 Å². The molecule has 0 aromatic heterocycles. The molecule has 0 amide bonds. The molecule has 1 heterocycles. The van der Waals surface area contributed by atoms with Crippen molar-refractivity contribution in [3.8, 4) is 0 Å². The van der Waals surface area contributed by atoms with Crippen LogP contribution in [0.1, 0.15) is 13.3 Å². The summed E-state index contributed by atoms with van der Waals surface area (Å²) in [5.41, 5.74) is 0. The zero-order valence-electron chi connectivity index (χ0n) is 8.02. The molecule has 0 N–H and O–H groups in total. The Balaban J connectivity index is 2.52. The van der Waals surface area contributed by atoms with Gasteiger partial charge in [0.15, 0.2) is 0 Å². The molecular weight excluding hydrogens is 192 g/mol. The van der Waals surface area contributed by atoms with E-state index in [1.807, 2.05) is 6.92 Å². The summed E-state index contributed by atoms with van der Waals surface area (Å²) < 4.78 is 31.7. The molecular formula is C8H16O4S. The molecule has 1 fully saturated rings. The van der Waals surface area contributed by atoms with Crippen LogP contribution in [0.25, 0.3) is 0 Å². The van der Waals surface area contributed by atoms with Crippen molar-refractivity contribution in [2.24, 2.45) is 11.8 Å². The molecule has 1 saturated heterocycles. The summed E-state index contributed by atoms with van der Waals surface area (Å²) in [7, 11) is -1.59. The Morgan fingerprint density at radius 3 is 2.69 bits per heavy atom. The fourth-order valence-corrected chi connectivity index (χ4v) is 2.99. The third-order valence-corrected chi connectivity index (χ3v) is 3.78. The monoisotopic (exact) mass is 208 g/mol. The maximum absolute atomic E-state index is 11.0. The van der Waals surface area contributed by atoms with Gasteiger partial charge in [0.1, 0.15) is 0 Å². The first kappa shape index (κ1) is 10.9. The average molecular weight is 208 g/mol. The quantitative estimate of drug-likeness (QED) is 0.636. The van der Waals surface area contributed by atoms with Crippen LogP contribution in [-0.2, 0) is 19.0 Å². The van der Waals surface area contributed by atoms with E-state index >= 15 is 0 Å². The van der Waals surface area contributed by atoms with Crippen LogP contribution in [0.2, 0.25) is 0 Å². The second-order valence-electron chi connectivity index (χ2n) is 3.39. The van der Waals surface area contributed by atoms with E-state index in [0.717, 1.165) is 6.42 Å². The lowest BCUT2D eigenvalue weighted by molar-refractivity contribution is 0.113. The van der Waals surface area contributed by atoms with Gasteiger partial charge < -0.3 is 4.74 Å². The highest BCUT2D eigenvalue weighted by molar-refractivity contribution is 7.86. The summed E-state index contributed by atoms with van der Waals surface area (Å²) in [6, 6.07) is 0. The second-order valence-corrected chi connectivity index (χ2v) is 5.08.